The Hall–Kier alpha value is -1.53. The molecular formula is C16H23NO4S. The molecule has 0 aromatic heterocycles. The molecule has 1 amide bonds. The highest BCUT2D eigenvalue weighted by Crippen LogP contribution is 2.23. The maximum absolute atomic E-state index is 12.2. The van der Waals surface area contributed by atoms with E-state index in [1.165, 1.54) is 5.56 Å². The summed E-state index contributed by atoms with van der Waals surface area (Å²) in [7, 11) is 0. The summed E-state index contributed by atoms with van der Waals surface area (Å²) in [6.45, 7) is 4.21. The lowest BCUT2D eigenvalue weighted by molar-refractivity contribution is -0.142. The van der Waals surface area contributed by atoms with Crippen LogP contribution < -0.4 is 5.32 Å². The maximum atomic E-state index is 12.2. The van der Waals surface area contributed by atoms with Gasteiger partial charge in [0.1, 0.15) is 6.61 Å². The first kappa shape index (κ1) is 18.5. The molecule has 0 aliphatic rings. The summed E-state index contributed by atoms with van der Waals surface area (Å²) in [5.41, 5.74) is 1.19. The van der Waals surface area contributed by atoms with Gasteiger partial charge in [-0.05, 0) is 11.5 Å². The Bertz CT molecular complexity index is 464. The van der Waals surface area contributed by atoms with E-state index in [4.69, 9.17) is 9.84 Å². The molecule has 0 bridgehead atoms. The fourth-order valence-electron chi connectivity index (χ4n) is 1.84. The van der Waals surface area contributed by atoms with Crippen LogP contribution in [0.3, 0.4) is 0 Å². The van der Waals surface area contributed by atoms with E-state index in [2.05, 4.69) is 5.32 Å². The van der Waals surface area contributed by atoms with Crippen molar-refractivity contribution in [1.82, 2.24) is 5.32 Å². The van der Waals surface area contributed by atoms with Gasteiger partial charge in [0.05, 0.1) is 11.9 Å². The van der Waals surface area contributed by atoms with Gasteiger partial charge >= 0.3 is 5.97 Å². The molecule has 5 nitrogen and oxygen atoms in total. The Labute approximate surface area is 135 Å². The third-order valence-corrected chi connectivity index (χ3v) is 4.52. The summed E-state index contributed by atoms with van der Waals surface area (Å²) in [4.78, 5) is 22.5. The van der Waals surface area contributed by atoms with E-state index in [-0.39, 0.29) is 30.3 Å². The second kappa shape index (κ2) is 10.2. The van der Waals surface area contributed by atoms with Crippen molar-refractivity contribution in [2.24, 2.45) is 5.92 Å². The summed E-state index contributed by atoms with van der Waals surface area (Å²) < 4.78 is 4.89. The monoisotopic (exact) mass is 325 g/mol. The van der Waals surface area contributed by atoms with Gasteiger partial charge in [-0.15, -0.1) is 11.8 Å². The van der Waals surface area contributed by atoms with Gasteiger partial charge in [0.25, 0.3) is 0 Å². The molecule has 0 radical (unpaired) electrons. The average molecular weight is 325 g/mol. The average Bonchev–Trinajstić information content (AvgIpc) is 2.47. The molecule has 1 rings (SSSR count). The lowest BCUT2D eigenvalue weighted by atomic mass is 10.1. The zero-order valence-corrected chi connectivity index (χ0v) is 13.8. The first-order valence-electron chi connectivity index (χ1n) is 7.23. The van der Waals surface area contributed by atoms with Gasteiger partial charge in [0, 0.05) is 12.3 Å². The van der Waals surface area contributed by atoms with Crippen LogP contribution in [0.2, 0.25) is 0 Å². The largest absolute Gasteiger partial charge is 0.480 e. The second-order valence-corrected chi connectivity index (χ2v) is 6.33. The number of hydrogen-bond acceptors (Lipinski definition) is 4. The molecule has 0 saturated carbocycles. The first-order valence-corrected chi connectivity index (χ1v) is 8.28. The van der Waals surface area contributed by atoms with Crippen molar-refractivity contribution < 1.29 is 19.4 Å². The minimum absolute atomic E-state index is 0.0325. The number of ether oxygens (including phenoxy) is 1. The van der Waals surface area contributed by atoms with Crippen molar-refractivity contribution in [2.45, 2.75) is 24.9 Å². The van der Waals surface area contributed by atoms with E-state index in [9.17, 15) is 9.59 Å². The Morgan fingerprint density at radius 2 is 1.95 bits per heavy atom. The van der Waals surface area contributed by atoms with Crippen molar-refractivity contribution in [1.29, 1.82) is 0 Å². The number of carboxylic acid groups (broad SMARTS) is 1. The highest BCUT2D eigenvalue weighted by molar-refractivity contribution is 7.99. The molecule has 0 saturated heterocycles. The van der Waals surface area contributed by atoms with Gasteiger partial charge in [0.15, 0.2) is 0 Å². The van der Waals surface area contributed by atoms with Crippen LogP contribution in [0, 0.1) is 5.92 Å². The van der Waals surface area contributed by atoms with E-state index in [1.807, 2.05) is 44.2 Å². The first-order chi connectivity index (χ1) is 10.5. The Kier molecular flexibility index (Phi) is 8.62. The lowest BCUT2D eigenvalue weighted by Gasteiger charge is -2.20. The molecule has 0 aliphatic carbocycles. The van der Waals surface area contributed by atoms with Gasteiger partial charge in [0.2, 0.25) is 5.91 Å². The fourth-order valence-corrected chi connectivity index (χ4v) is 3.02. The van der Waals surface area contributed by atoms with E-state index in [1.54, 1.807) is 11.8 Å². The minimum atomic E-state index is -1.01. The van der Waals surface area contributed by atoms with Crippen molar-refractivity contribution in [3.05, 3.63) is 35.9 Å². The van der Waals surface area contributed by atoms with Gasteiger partial charge in [-0.2, -0.15) is 0 Å². The van der Waals surface area contributed by atoms with Gasteiger partial charge in [-0.25, -0.2) is 4.79 Å². The van der Waals surface area contributed by atoms with Crippen molar-refractivity contribution in [2.75, 3.05) is 19.8 Å². The van der Waals surface area contributed by atoms with Crippen molar-refractivity contribution in [3.8, 4) is 0 Å². The Balaban J connectivity index is 2.35. The number of carboxylic acids is 1. The summed E-state index contributed by atoms with van der Waals surface area (Å²) in [6, 6.07) is 10.0. The Morgan fingerprint density at radius 3 is 2.55 bits per heavy atom. The molecule has 1 aromatic carbocycles. The quantitative estimate of drug-likeness (QED) is 0.645. The number of carbonyl (C=O) groups is 2. The number of amides is 1. The molecule has 1 unspecified atom stereocenters. The zero-order valence-electron chi connectivity index (χ0n) is 13.0. The summed E-state index contributed by atoms with van der Waals surface area (Å²) in [5, 5.41) is 11.1. The number of nitrogens with one attached hydrogen (secondary N) is 1. The van der Waals surface area contributed by atoms with Crippen LogP contribution in [-0.4, -0.2) is 42.0 Å². The summed E-state index contributed by atoms with van der Waals surface area (Å²) in [6.07, 6.45) is 0. The number of carbonyl (C=O) groups excluding carboxylic acids is 1. The second-order valence-electron chi connectivity index (χ2n) is 5.20. The molecule has 2 N–H and O–H groups in total. The summed E-state index contributed by atoms with van der Waals surface area (Å²) >= 11 is 1.61. The van der Waals surface area contributed by atoms with Crippen LogP contribution in [0.1, 0.15) is 19.4 Å². The number of aliphatic carboxylic acids is 1. The van der Waals surface area contributed by atoms with Gasteiger partial charge in [-0.3, -0.25) is 4.79 Å². The third-order valence-electron chi connectivity index (χ3n) is 2.91. The Morgan fingerprint density at radius 1 is 1.27 bits per heavy atom. The standard InChI is InChI=1S/C16H23NO4S/c1-12(2)15(22-11-13-6-4-3-5-7-13)16(20)17-8-9-21-10-14(18)19/h3-7,12,15H,8-11H2,1-2H3,(H,17,20)(H,18,19). The molecule has 1 aromatic rings. The number of hydrogen-bond donors (Lipinski definition) is 2. The minimum Gasteiger partial charge on any atom is -0.480 e. The van der Waals surface area contributed by atoms with E-state index < -0.39 is 5.97 Å². The molecule has 6 heteroatoms. The highest BCUT2D eigenvalue weighted by Gasteiger charge is 2.22. The zero-order chi connectivity index (χ0) is 16.4. The molecule has 0 spiro atoms. The van der Waals surface area contributed by atoms with Crippen molar-refractivity contribution >= 4 is 23.6 Å². The number of rotatable bonds is 10. The molecule has 122 valence electrons. The molecule has 1 atom stereocenters. The third kappa shape index (κ3) is 7.47. The van der Waals surface area contributed by atoms with E-state index in [0.29, 0.717) is 6.54 Å². The molecule has 0 aliphatic heterocycles. The smallest absolute Gasteiger partial charge is 0.329 e. The van der Waals surface area contributed by atoms with Crippen LogP contribution in [0.25, 0.3) is 0 Å². The molecule has 0 heterocycles. The fraction of sp³-hybridized carbons (Fsp3) is 0.500. The molecule has 22 heavy (non-hydrogen) atoms. The van der Waals surface area contributed by atoms with Crippen LogP contribution in [0.15, 0.2) is 30.3 Å². The number of benzene rings is 1. The highest BCUT2D eigenvalue weighted by atomic mass is 32.2. The van der Waals surface area contributed by atoms with Crippen LogP contribution in [0.5, 0.6) is 0 Å². The molecule has 0 fully saturated rings. The van der Waals surface area contributed by atoms with Gasteiger partial charge in [-0.1, -0.05) is 44.2 Å². The van der Waals surface area contributed by atoms with E-state index >= 15 is 0 Å². The SMILES string of the molecule is CC(C)C(SCc1ccccc1)C(=O)NCCOCC(=O)O. The predicted octanol–water partition coefficient (Wildman–Crippen LogP) is 2.16. The van der Waals surface area contributed by atoms with Crippen molar-refractivity contribution in [3.63, 3.8) is 0 Å². The molecular weight excluding hydrogens is 302 g/mol. The van der Waals surface area contributed by atoms with Crippen LogP contribution in [0.4, 0.5) is 0 Å². The van der Waals surface area contributed by atoms with E-state index in [0.717, 1.165) is 5.75 Å². The topological polar surface area (TPSA) is 75.6 Å². The normalized spacial score (nSPS) is 12.1. The summed E-state index contributed by atoms with van der Waals surface area (Å²) in [5.74, 6) is -0.0413. The van der Waals surface area contributed by atoms with Crippen LogP contribution in [-0.2, 0) is 20.1 Å². The van der Waals surface area contributed by atoms with Crippen LogP contribution >= 0.6 is 11.8 Å². The lowest BCUT2D eigenvalue weighted by Crippen LogP contribution is -2.37. The number of thioether (sulfide) groups is 1. The predicted molar refractivity (Wildman–Crippen MR) is 87.8 cm³/mol. The van der Waals surface area contributed by atoms with Gasteiger partial charge < -0.3 is 15.2 Å². The maximum Gasteiger partial charge on any atom is 0.329 e.